The molecule has 0 bridgehead atoms. The molecule has 0 aliphatic rings. The van der Waals surface area contributed by atoms with E-state index in [1.54, 1.807) is 0 Å². The summed E-state index contributed by atoms with van der Waals surface area (Å²) in [6, 6.07) is 8.82. The van der Waals surface area contributed by atoms with Gasteiger partial charge in [0, 0.05) is 16.9 Å². The van der Waals surface area contributed by atoms with E-state index in [1.165, 1.54) is 22.3 Å². The van der Waals surface area contributed by atoms with Gasteiger partial charge in [-0.2, -0.15) is 0 Å². The highest BCUT2D eigenvalue weighted by molar-refractivity contribution is 9.10. The monoisotopic (exact) mass is 318 g/mol. The van der Waals surface area contributed by atoms with Crippen molar-refractivity contribution in [1.82, 2.24) is 10.3 Å². The van der Waals surface area contributed by atoms with Gasteiger partial charge in [0.05, 0.1) is 6.04 Å². The first-order chi connectivity index (χ1) is 9.11. The molecule has 3 heteroatoms. The molecule has 2 rings (SSSR count). The molecule has 2 aromatic rings. The van der Waals surface area contributed by atoms with Crippen molar-refractivity contribution < 1.29 is 0 Å². The molecule has 2 nitrogen and oxygen atoms in total. The van der Waals surface area contributed by atoms with E-state index in [9.17, 15) is 0 Å². The van der Waals surface area contributed by atoms with E-state index in [4.69, 9.17) is 0 Å². The van der Waals surface area contributed by atoms with Crippen molar-refractivity contribution in [1.29, 1.82) is 0 Å². The number of benzene rings is 1. The van der Waals surface area contributed by atoms with Crippen LogP contribution in [0.3, 0.4) is 0 Å². The summed E-state index contributed by atoms with van der Waals surface area (Å²) in [6.45, 7) is 7.28. The number of aryl methyl sites for hydroxylation is 2. The van der Waals surface area contributed by atoms with E-state index < -0.39 is 0 Å². The van der Waals surface area contributed by atoms with Crippen LogP contribution in [0.15, 0.2) is 41.1 Å². The fourth-order valence-corrected chi connectivity index (χ4v) is 2.79. The summed E-state index contributed by atoms with van der Waals surface area (Å²) in [5.74, 6) is 0. The van der Waals surface area contributed by atoms with Gasteiger partial charge in [-0.05, 0) is 54.8 Å². The van der Waals surface area contributed by atoms with Crippen molar-refractivity contribution >= 4 is 15.9 Å². The SMILES string of the molecule is CCNC(c1cncc(C)c1)c1ccc(Br)cc1C. The molecule has 1 aromatic carbocycles. The molecule has 1 heterocycles. The molecule has 0 radical (unpaired) electrons. The number of nitrogens with zero attached hydrogens (tertiary/aromatic N) is 1. The average molecular weight is 319 g/mol. The van der Waals surface area contributed by atoms with Crippen LogP contribution in [0.25, 0.3) is 0 Å². The topological polar surface area (TPSA) is 24.9 Å². The maximum absolute atomic E-state index is 4.31. The zero-order chi connectivity index (χ0) is 13.8. The zero-order valence-corrected chi connectivity index (χ0v) is 13.2. The Balaban J connectivity index is 2.45. The highest BCUT2D eigenvalue weighted by atomic mass is 79.9. The van der Waals surface area contributed by atoms with Gasteiger partial charge in [0.1, 0.15) is 0 Å². The second-order valence-corrected chi connectivity index (χ2v) is 5.70. The van der Waals surface area contributed by atoms with Crippen molar-refractivity contribution in [3.8, 4) is 0 Å². The molecule has 0 aliphatic heterocycles. The Morgan fingerprint density at radius 1 is 1.21 bits per heavy atom. The lowest BCUT2D eigenvalue weighted by Gasteiger charge is -2.21. The minimum atomic E-state index is 0.200. The first-order valence-electron chi connectivity index (χ1n) is 6.52. The van der Waals surface area contributed by atoms with E-state index in [0.717, 1.165) is 11.0 Å². The Bertz CT molecular complexity index is 566. The third-order valence-corrected chi connectivity index (χ3v) is 3.67. The standard InChI is InChI=1S/C16H19BrN2/c1-4-19-16(13-7-11(2)9-18-10-13)15-6-5-14(17)8-12(15)3/h5-10,16,19H,4H2,1-3H3. The van der Waals surface area contributed by atoms with Crippen LogP contribution in [-0.2, 0) is 0 Å². The maximum atomic E-state index is 4.31. The minimum absolute atomic E-state index is 0.200. The summed E-state index contributed by atoms with van der Waals surface area (Å²) >= 11 is 3.52. The van der Waals surface area contributed by atoms with Crippen LogP contribution in [0.4, 0.5) is 0 Å². The van der Waals surface area contributed by atoms with E-state index in [1.807, 2.05) is 12.4 Å². The number of nitrogens with one attached hydrogen (secondary N) is 1. The number of aromatic nitrogens is 1. The van der Waals surface area contributed by atoms with Gasteiger partial charge < -0.3 is 5.32 Å². The Labute approximate surface area is 123 Å². The van der Waals surface area contributed by atoms with Crippen LogP contribution in [0.2, 0.25) is 0 Å². The molecular formula is C16H19BrN2. The summed E-state index contributed by atoms with van der Waals surface area (Å²) in [5, 5.41) is 3.55. The van der Waals surface area contributed by atoms with Gasteiger partial charge in [-0.15, -0.1) is 0 Å². The molecule has 0 saturated heterocycles. The number of rotatable bonds is 4. The van der Waals surface area contributed by atoms with Crippen molar-refractivity contribution in [3.63, 3.8) is 0 Å². The minimum Gasteiger partial charge on any atom is -0.306 e. The van der Waals surface area contributed by atoms with E-state index >= 15 is 0 Å². The summed E-state index contributed by atoms with van der Waals surface area (Å²) in [6.07, 6.45) is 3.84. The average Bonchev–Trinajstić information content (AvgIpc) is 2.37. The Hall–Kier alpha value is -1.19. The highest BCUT2D eigenvalue weighted by Gasteiger charge is 2.15. The molecule has 1 aromatic heterocycles. The molecule has 0 aliphatic carbocycles. The molecule has 1 N–H and O–H groups in total. The molecule has 0 spiro atoms. The van der Waals surface area contributed by atoms with Gasteiger partial charge >= 0.3 is 0 Å². The summed E-state index contributed by atoms with van der Waals surface area (Å²) < 4.78 is 1.12. The fourth-order valence-electron chi connectivity index (χ4n) is 2.31. The number of hydrogen-bond donors (Lipinski definition) is 1. The zero-order valence-electron chi connectivity index (χ0n) is 11.6. The van der Waals surface area contributed by atoms with E-state index in [-0.39, 0.29) is 6.04 Å². The molecule has 1 unspecified atom stereocenters. The molecular weight excluding hydrogens is 300 g/mol. The van der Waals surface area contributed by atoms with Gasteiger partial charge in [0.25, 0.3) is 0 Å². The van der Waals surface area contributed by atoms with Crippen molar-refractivity contribution in [2.45, 2.75) is 26.8 Å². The second-order valence-electron chi connectivity index (χ2n) is 4.79. The molecule has 0 amide bonds. The number of halogens is 1. The summed E-state index contributed by atoms with van der Waals surface area (Å²) in [5.41, 5.74) is 4.99. The third-order valence-electron chi connectivity index (χ3n) is 3.18. The Morgan fingerprint density at radius 3 is 2.63 bits per heavy atom. The van der Waals surface area contributed by atoms with Crippen molar-refractivity contribution in [2.75, 3.05) is 6.54 Å². The van der Waals surface area contributed by atoms with Gasteiger partial charge in [-0.3, -0.25) is 4.98 Å². The first kappa shape index (κ1) is 14.2. The lowest BCUT2D eigenvalue weighted by molar-refractivity contribution is 0.625. The van der Waals surface area contributed by atoms with Crippen LogP contribution in [0.5, 0.6) is 0 Å². The largest absolute Gasteiger partial charge is 0.306 e. The van der Waals surface area contributed by atoms with Gasteiger partial charge in [0.15, 0.2) is 0 Å². The Morgan fingerprint density at radius 2 is 2.00 bits per heavy atom. The van der Waals surface area contributed by atoms with Gasteiger partial charge in [-0.25, -0.2) is 0 Å². The quantitative estimate of drug-likeness (QED) is 0.915. The van der Waals surface area contributed by atoms with Crippen LogP contribution in [-0.4, -0.2) is 11.5 Å². The van der Waals surface area contributed by atoms with Crippen LogP contribution in [0.1, 0.15) is 35.2 Å². The predicted molar refractivity (Wildman–Crippen MR) is 83.4 cm³/mol. The van der Waals surface area contributed by atoms with Gasteiger partial charge in [0.2, 0.25) is 0 Å². The fraction of sp³-hybridized carbons (Fsp3) is 0.312. The molecule has 100 valence electrons. The van der Waals surface area contributed by atoms with E-state index in [2.05, 4.69) is 71.3 Å². The summed E-state index contributed by atoms with van der Waals surface area (Å²) in [4.78, 5) is 4.31. The third kappa shape index (κ3) is 3.43. The normalized spacial score (nSPS) is 12.4. The number of hydrogen-bond acceptors (Lipinski definition) is 2. The lowest BCUT2D eigenvalue weighted by Crippen LogP contribution is -2.23. The molecule has 19 heavy (non-hydrogen) atoms. The smallest absolute Gasteiger partial charge is 0.0594 e. The van der Waals surface area contributed by atoms with Crippen molar-refractivity contribution in [2.24, 2.45) is 0 Å². The van der Waals surface area contributed by atoms with E-state index in [0.29, 0.717) is 0 Å². The highest BCUT2D eigenvalue weighted by Crippen LogP contribution is 2.27. The lowest BCUT2D eigenvalue weighted by atomic mass is 9.95. The molecule has 0 fully saturated rings. The Kier molecular flexibility index (Phi) is 4.72. The number of pyridine rings is 1. The van der Waals surface area contributed by atoms with Crippen LogP contribution < -0.4 is 5.32 Å². The maximum Gasteiger partial charge on any atom is 0.0594 e. The molecule has 1 atom stereocenters. The molecule has 0 saturated carbocycles. The van der Waals surface area contributed by atoms with Crippen LogP contribution in [0, 0.1) is 13.8 Å². The van der Waals surface area contributed by atoms with Crippen molar-refractivity contribution in [3.05, 3.63) is 63.4 Å². The first-order valence-corrected chi connectivity index (χ1v) is 7.32. The van der Waals surface area contributed by atoms with Gasteiger partial charge in [-0.1, -0.05) is 35.0 Å². The summed E-state index contributed by atoms with van der Waals surface area (Å²) in [7, 11) is 0. The predicted octanol–water partition coefficient (Wildman–Crippen LogP) is 4.16. The van der Waals surface area contributed by atoms with Crippen LogP contribution >= 0.6 is 15.9 Å². The second kappa shape index (κ2) is 6.31.